The summed E-state index contributed by atoms with van der Waals surface area (Å²) in [7, 11) is 1.60. The van der Waals surface area contributed by atoms with Crippen molar-refractivity contribution in [1.29, 1.82) is 0 Å². The number of methoxy groups -OCH3 is 1. The highest BCUT2D eigenvalue weighted by Crippen LogP contribution is 2.26. The molecule has 4 rings (SSSR count). The van der Waals surface area contributed by atoms with Crippen LogP contribution in [0.3, 0.4) is 0 Å². The first kappa shape index (κ1) is 27.4. The van der Waals surface area contributed by atoms with Crippen molar-refractivity contribution in [2.45, 2.75) is 32.6 Å². The topological polar surface area (TPSA) is 94.2 Å². The maximum absolute atomic E-state index is 12.9. The van der Waals surface area contributed by atoms with E-state index in [1.54, 1.807) is 12.0 Å². The zero-order valence-electron chi connectivity index (χ0n) is 22.4. The van der Waals surface area contributed by atoms with Gasteiger partial charge in [0.05, 0.1) is 13.2 Å². The van der Waals surface area contributed by atoms with Gasteiger partial charge in [-0.25, -0.2) is 4.79 Å². The van der Waals surface area contributed by atoms with Gasteiger partial charge in [-0.2, -0.15) is 0 Å². The molecular formula is C29H39N5O4. The summed E-state index contributed by atoms with van der Waals surface area (Å²) in [5.74, 6) is -0.141. The molecule has 2 aromatic carbocycles. The molecule has 0 radical (unpaired) electrons. The van der Waals surface area contributed by atoms with Gasteiger partial charge in [-0.1, -0.05) is 25.0 Å². The lowest BCUT2D eigenvalue weighted by Crippen LogP contribution is -2.50. The summed E-state index contributed by atoms with van der Waals surface area (Å²) in [5, 5.41) is 5.90. The van der Waals surface area contributed by atoms with Gasteiger partial charge in [0.15, 0.2) is 0 Å². The number of carbonyl (C=O) groups excluding carboxylic acids is 3. The Morgan fingerprint density at radius 1 is 0.947 bits per heavy atom. The maximum atomic E-state index is 12.9. The molecule has 4 amide bonds. The molecule has 1 aliphatic carbocycles. The number of rotatable bonds is 9. The van der Waals surface area contributed by atoms with Crippen LogP contribution in [-0.2, 0) is 14.3 Å². The van der Waals surface area contributed by atoms with Crippen molar-refractivity contribution in [3.8, 4) is 0 Å². The highest BCUT2D eigenvalue weighted by Gasteiger charge is 2.28. The summed E-state index contributed by atoms with van der Waals surface area (Å²) in [4.78, 5) is 44.0. The van der Waals surface area contributed by atoms with Crippen LogP contribution in [0, 0.1) is 12.8 Å². The molecule has 2 aromatic rings. The molecule has 2 N–H and O–H groups in total. The Morgan fingerprint density at radius 3 is 2.32 bits per heavy atom. The molecule has 0 atom stereocenters. The van der Waals surface area contributed by atoms with Crippen molar-refractivity contribution in [3.05, 3.63) is 54.1 Å². The van der Waals surface area contributed by atoms with E-state index < -0.39 is 0 Å². The number of ether oxygens (including phenoxy) is 1. The molecule has 2 fully saturated rings. The average Bonchev–Trinajstić information content (AvgIpc) is 3.46. The van der Waals surface area contributed by atoms with E-state index in [1.807, 2.05) is 60.4 Å². The van der Waals surface area contributed by atoms with Crippen LogP contribution in [0.1, 0.15) is 31.2 Å². The zero-order chi connectivity index (χ0) is 26.9. The number of hydrogen-bond donors (Lipinski definition) is 2. The molecule has 9 nitrogen and oxygen atoms in total. The van der Waals surface area contributed by atoms with E-state index >= 15 is 0 Å². The van der Waals surface area contributed by atoms with Crippen LogP contribution >= 0.6 is 0 Å². The number of aryl methyl sites for hydroxylation is 1. The number of nitrogens with one attached hydrogen (secondary N) is 2. The van der Waals surface area contributed by atoms with Crippen molar-refractivity contribution >= 4 is 34.9 Å². The summed E-state index contributed by atoms with van der Waals surface area (Å²) in [6.07, 6.45) is 3.94. The van der Waals surface area contributed by atoms with Crippen molar-refractivity contribution in [2.75, 3.05) is 68.5 Å². The molecule has 0 unspecified atom stereocenters. The van der Waals surface area contributed by atoms with Gasteiger partial charge in [-0.3, -0.25) is 9.59 Å². The quantitative estimate of drug-likeness (QED) is 0.521. The van der Waals surface area contributed by atoms with E-state index in [0.717, 1.165) is 55.7 Å². The summed E-state index contributed by atoms with van der Waals surface area (Å²) in [6, 6.07) is 15.4. The van der Waals surface area contributed by atoms with E-state index in [1.165, 1.54) is 0 Å². The fourth-order valence-corrected chi connectivity index (χ4v) is 5.12. The average molecular weight is 522 g/mol. The predicted molar refractivity (Wildman–Crippen MR) is 149 cm³/mol. The minimum absolute atomic E-state index is 0.0209. The van der Waals surface area contributed by atoms with Gasteiger partial charge in [0.1, 0.15) is 0 Å². The highest BCUT2D eigenvalue weighted by atomic mass is 16.5. The smallest absolute Gasteiger partial charge is 0.321 e. The summed E-state index contributed by atoms with van der Waals surface area (Å²) in [5.41, 5.74) is 3.64. The molecule has 0 aromatic heterocycles. The summed E-state index contributed by atoms with van der Waals surface area (Å²) >= 11 is 0. The molecule has 1 aliphatic heterocycles. The third kappa shape index (κ3) is 7.47. The molecule has 38 heavy (non-hydrogen) atoms. The molecular weight excluding hydrogens is 482 g/mol. The van der Waals surface area contributed by atoms with Crippen molar-refractivity contribution in [1.82, 2.24) is 9.80 Å². The normalized spacial score (nSPS) is 15.8. The molecule has 0 spiro atoms. The second-order valence-corrected chi connectivity index (χ2v) is 10.1. The molecule has 204 valence electrons. The SMILES string of the molecule is COCCN(CC(=O)Nc1ccc(N2CCN(C(=O)Nc3cccc(C)c3)CC2)cc1)C(=O)C1CCCC1. The number of benzene rings is 2. The van der Waals surface area contributed by atoms with E-state index in [2.05, 4.69) is 15.5 Å². The van der Waals surface area contributed by atoms with Gasteiger partial charge in [0.25, 0.3) is 0 Å². The molecule has 1 saturated heterocycles. The molecule has 0 bridgehead atoms. The monoisotopic (exact) mass is 521 g/mol. The first-order chi connectivity index (χ1) is 18.4. The Balaban J connectivity index is 1.25. The zero-order valence-corrected chi connectivity index (χ0v) is 22.4. The van der Waals surface area contributed by atoms with Crippen LogP contribution in [0.15, 0.2) is 48.5 Å². The Kier molecular flexibility index (Phi) is 9.59. The van der Waals surface area contributed by atoms with Gasteiger partial charge < -0.3 is 30.1 Å². The van der Waals surface area contributed by atoms with Crippen LogP contribution in [0.4, 0.5) is 21.9 Å². The lowest BCUT2D eigenvalue weighted by Gasteiger charge is -2.36. The van der Waals surface area contributed by atoms with Gasteiger partial charge in [0, 0.05) is 62.8 Å². The highest BCUT2D eigenvalue weighted by molar-refractivity contribution is 5.95. The van der Waals surface area contributed by atoms with Crippen LogP contribution in [0.2, 0.25) is 0 Å². The molecule has 1 heterocycles. The number of carbonyl (C=O) groups is 3. The summed E-state index contributed by atoms with van der Waals surface area (Å²) in [6.45, 7) is 5.54. The van der Waals surface area contributed by atoms with E-state index in [0.29, 0.717) is 31.9 Å². The number of urea groups is 1. The van der Waals surface area contributed by atoms with Crippen molar-refractivity contribution in [2.24, 2.45) is 5.92 Å². The maximum Gasteiger partial charge on any atom is 0.321 e. The van der Waals surface area contributed by atoms with Gasteiger partial charge in [-0.15, -0.1) is 0 Å². The number of amides is 4. The number of nitrogens with zero attached hydrogens (tertiary/aromatic N) is 3. The van der Waals surface area contributed by atoms with Crippen molar-refractivity contribution in [3.63, 3.8) is 0 Å². The largest absolute Gasteiger partial charge is 0.383 e. The van der Waals surface area contributed by atoms with Gasteiger partial charge in [-0.05, 0) is 61.7 Å². The predicted octanol–water partition coefficient (Wildman–Crippen LogP) is 3.95. The number of hydrogen-bond acceptors (Lipinski definition) is 5. The first-order valence-electron chi connectivity index (χ1n) is 13.5. The minimum atomic E-state index is -0.214. The summed E-state index contributed by atoms with van der Waals surface area (Å²) < 4.78 is 5.15. The van der Waals surface area contributed by atoms with E-state index in [-0.39, 0.29) is 30.3 Å². The lowest BCUT2D eigenvalue weighted by molar-refractivity contribution is -0.138. The minimum Gasteiger partial charge on any atom is -0.383 e. The fourth-order valence-electron chi connectivity index (χ4n) is 5.12. The van der Waals surface area contributed by atoms with Crippen LogP contribution in [0.25, 0.3) is 0 Å². The fraction of sp³-hybridized carbons (Fsp3) is 0.483. The van der Waals surface area contributed by atoms with E-state index in [4.69, 9.17) is 4.74 Å². The number of piperazine rings is 1. The third-order valence-corrected chi connectivity index (χ3v) is 7.27. The van der Waals surface area contributed by atoms with Crippen molar-refractivity contribution < 1.29 is 19.1 Å². The van der Waals surface area contributed by atoms with Crippen LogP contribution in [-0.4, -0.2) is 80.6 Å². The van der Waals surface area contributed by atoms with Crippen LogP contribution in [0.5, 0.6) is 0 Å². The lowest BCUT2D eigenvalue weighted by atomic mass is 10.1. The van der Waals surface area contributed by atoms with Gasteiger partial charge >= 0.3 is 6.03 Å². The Morgan fingerprint density at radius 2 is 1.66 bits per heavy atom. The first-order valence-corrected chi connectivity index (χ1v) is 13.5. The second kappa shape index (κ2) is 13.3. The molecule has 2 aliphatic rings. The molecule has 9 heteroatoms. The molecule has 1 saturated carbocycles. The Labute approximate surface area is 225 Å². The Hall–Kier alpha value is -3.59. The number of anilines is 3. The Bertz CT molecular complexity index is 1090. The van der Waals surface area contributed by atoms with Gasteiger partial charge in [0.2, 0.25) is 11.8 Å². The van der Waals surface area contributed by atoms with E-state index in [9.17, 15) is 14.4 Å². The third-order valence-electron chi connectivity index (χ3n) is 7.27. The second-order valence-electron chi connectivity index (χ2n) is 10.1. The van der Waals surface area contributed by atoms with Crippen LogP contribution < -0.4 is 15.5 Å². The standard InChI is InChI=1S/C29H39N5O4/c1-22-6-5-9-25(20-22)31-29(37)33-16-14-32(15-17-33)26-12-10-24(11-13-26)30-27(35)21-34(18-19-38-2)28(36)23-7-3-4-8-23/h5-6,9-13,20,23H,3-4,7-8,14-19,21H2,1-2H3,(H,30,35)(H,31,37).